The van der Waals surface area contributed by atoms with Crippen LogP contribution in [0.1, 0.15) is 29.8 Å². The number of carbonyl (C=O) groups is 1. The van der Waals surface area contributed by atoms with Gasteiger partial charge in [-0.25, -0.2) is 4.98 Å². The molecule has 0 fully saturated rings. The van der Waals surface area contributed by atoms with Crippen molar-refractivity contribution in [2.75, 3.05) is 23.3 Å². The Kier molecular flexibility index (Phi) is 4.93. The van der Waals surface area contributed by atoms with Crippen LogP contribution in [-0.4, -0.2) is 24.0 Å². The Morgan fingerprint density at radius 2 is 1.86 bits per heavy atom. The van der Waals surface area contributed by atoms with Gasteiger partial charge in [0, 0.05) is 18.7 Å². The number of carbonyl (C=O) groups excluding carboxylic acids is 1. The van der Waals surface area contributed by atoms with E-state index >= 15 is 0 Å². The van der Waals surface area contributed by atoms with Gasteiger partial charge in [0.2, 0.25) is 0 Å². The number of hydrogen-bond acceptors (Lipinski definition) is 3. The first kappa shape index (κ1) is 15.0. The average Bonchev–Trinajstić information content (AvgIpc) is 2.50. The molecule has 0 bridgehead atoms. The zero-order valence-corrected chi connectivity index (χ0v) is 12.8. The molecule has 0 atom stereocenters. The Balaban J connectivity index is 2.10. The molecule has 1 heterocycles. The number of anilines is 2. The van der Waals surface area contributed by atoms with Gasteiger partial charge in [0.25, 0.3) is 5.91 Å². The predicted octanol–water partition coefficient (Wildman–Crippen LogP) is 3.49. The summed E-state index contributed by atoms with van der Waals surface area (Å²) >= 11 is 0. The highest BCUT2D eigenvalue weighted by Gasteiger charge is 2.09. The second-order valence-corrected chi connectivity index (χ2v) is 4.85. The molecule has 0 aliphatic rings. The van der Waals surface area contributed by atoms with Crippen molar-refractivity contribution in [1.29, 1.82) is 0 Å². The van der Waals surface area contributed by atoms with E-state index in [4.69, 9.17) is 0 Å². The lowest BCUT2D eigenvalue weighted by atomic mass is 10.1. The van der Waals surface area contributed by atoms with Crippen LogP contribution in [0, 0.1) is 6.92 Å². The molecule has 1 amide bonds. The first-order valence-electron chi connectivity index (χ1n) is 7.23. The van der Waals surface area contributed by atoms with E-state index < -0.39 is 0 Å². The lowest BCUT2D eigenvalue weighted by Crippen LogP contribution is -2.23. The van der Waals surface area contributed by atoms with Gasteiger partial charge in [-0.2, -0.15) is 0 Å². The Morgan fingerprint density at radius 3 is 2.43 bits per heavy atom. The van der Waals surface area contributed by atoms with Crippen LogP contribution in [0.3, 0.4) is 0 Å². The number of rotatable bonds is 5. The topological polar surface area (TPSA) is 45.2 Å². The maximum atomic E-state index is 12.2. The number of aromatic nitrogens is 1. The smallest absolute Gasteiger partial charge is 0.255 e. The molecule has 1 N–H and O–H groups in total. The summed E-state index contributed by atoms with van der Waals surface area (Å²) in [5.74, 6) is 0.819. The maximum absolute atomic E-state index is 12.2. The highest BCUT2D eigenvalue weighted by atomic mass is 16.1. The van der Waals surface area contributed by atoms with Crippen LogP contribution in [0.5, 0.6) is 0 Å². The quantitative estimate of drug-likeness (QED) is 0.913. The third kappa shape index (κ3) is 3.60. The summed E-state index contributed by atoms with van der Waals surface area (Å²) in [6.07, 6.45) is 1.70. The summed E-state index contributed by atoms with van der Waals surface area (Å²) in [6.45, 7) is 7.95. The molecule has 0 radical (unpaired) electrons. The van der Waals surface area contributed by atoms with Gasteiger partial charge in [0.15, 0.2) is 0 Å². The summed E-state index contributed by atoms with van der Waals surface area (Å²) in [7, 11) is 0. The maximum Gasteiger partial charge on any atom is 0.255 e. The molecule has 21 heavy (non-hydrogen) atoms. The second kappa shape index (κ2) is 6.88. The van der Waals surface area contributed by atoms with Crippen molar-refractivity contribution >= 4 is 17.4 Å². The monoisotopic (exact) mass is 283 g/mol. The number of pyridine rings is 1. The molecule has 0 aliphatic heterocycles. The molecular formula is C17H21N3O. The van der Waals surface area contributed by atoms with Crippen LogP contribution >= 0.6 is 0 Å². The van der Waals surface area contributed by atoms with Crippen LogP contribution in [0.2, 0.25) is 0 Å². The molecule has 110 valence electrons. The van der Waals surface area contributed by atoms with Crippen LogP contribution in [-0.2, 0) is 0 Å². The largest absolute Gasteiger partial charge is 0.357 e. The molecule has 0 unspecified atom stereocenters. The zero-order valence-electron chi connectivity index (χ0n) is 12.8. The lowest BCUT2D eigenvalue weighted by Gasteiger charge is -2.19. The van der Waals surface area contributed by atoms with Gasteiger partial charge in [-0.3, -0.25) is 4.79 Å². The van der Waals surface area contributed by atoms with Crippen molar-refractivity contribution in [3.8, 4) is 0 Å². The molecule has 1 aromatic heterocycles. The van der Waals surface area contributed by atoms with Crippen molar-refractivity contribution in [2.24, 2.45) is 0 Å². The van der Waals surface area contributed by atoms with E-state index in [1.807, 2.05) is 43.3 Å². The molecule has 4 heteroatoms. The van der Waals surface area contributed by atoms with E-state index in [-0.39, 0.29) is 5.91 Å². The standard InChI is InChI=1S/C17H21N3O/c1-4-20(5-2)16-11-10-14(12-18-16)19-17(21)15-9-7-6-8-13(15)3/h6-12H,4-5H2,1-3H3,(H,19,21). The highest BCUT2D eigenvalue weighted by molar-refractivity contribution is 6.05. The van der Waals surface area contributed by atoms with Crippen LogP contribution in [0.4, 0.5) is 11.5 Å². The van der Waals surface area contributed by atoms with Crippen molar-refractivity contribution in [2.45, 2.75) is 20.8 Å². The van der Waals surface area contributed by atoms with Crippen molar-refractivity contribution in [1.82, 2.24) is 4.98 Å². The number of nitrogens with one attached hydrogen (secondary N) is 1. The zero-order chi connectivity index (χ0) is 15.2. The fraction of sp³-hybridized carbons (Fsp3) is 0.294. The molecule has 2 aromatic rings. The third-order valence-electron chi connectivity index (χ3n) is 3.48. The van der Waals surface area contributed by atoms with Gasteiger partial charge < -0.3 is 10.2 Å². The molecule has 1 aromatic carbocycles. The first-order valence-corrected chi connectivity index (χ1v) is 7.23. The number of hydrogen-bond donors (Lipinski definition) is 1. The van der Waals surface area contributed by atoms with E-state index in [0.29, 0.717) is 11.3 Å². The Labute approximate surface area is 125 Å². The van der Waals surface area contributed by atoms with Gasteiger partial charge >= 0.3 is 0 Å². The highest BCUT2D eigenvalue weighted by Crippen LogP contribution is 2.15. The molecule has 4 nitrogen and oxygen atoms in total. The summed E-state index contributed by atoms with van der Waals surface area (Å²) < 4.78 is 0. The van der Waals surface area contributed by atoms with Gasteiger partial charge in [-0.15, -0.1) is 0 Å². The molecule has 0 saturated carbocycles. The predicted molar refractivity (Wildman–Crippen MR) is 86.9 cm³/mol. The molecule has 0 saturated heterocycles. The Hall–Kier alpha value is -2.36. The fourth-order valence-electron chi connectivity index (χ4n) is 2.22. The SMILES string of the molecule is CCN(CC)c1ccc(NC(=O)c2ccccc2C)cn1. The Bertz CT molecular complexity index is 604. The van der Waals surface area contributed by atoms with E-state index in [2.05, 4.69) is 29.0 Å². The van der Waals surface area contributed by atoms with E-state index in [9.17, 15) is 4.79 Å². The lowest BCUT2D eigenvalue weighted by molar-refractivity contribution is 0.102. The van der Waals surface area contributed by atoms with E-state index in [0.717, 1.165) is 24.5 Å². The van der Waals surface area contributed by atoms with Crippen molar-refractivity contribution in [3.05, 3.63) is 53.7 Å². The van der Waals surface area contributed by atoms with Crippen molar-refractivity contribution in [3.63, 3.8) is 0 Å². The van der Waals surface area contributed by atoms with E-state index in [1.54, 1.807) is 6.20 Å². The minimum atomic E-state index is -0.106. The van der Waals surface area contributed by atoms with Gasteiger partial charge in [0.05, 0.1) is 11.9 Å². The minimum absolute atomic E-state index is 0.106. The summed E-state index contributed by atoms with van der Waals surface area (Å²) in [4.78, 5) is 18.8. The summed E-state index contributed by atoms with van der Waals surface area (Å²) in [6, 6.07) is 11.4. The first-order chi connectivity index (χ1) is 10.2. The summed E-state index contributed by atoms with van der Waals surface area (Å²) in [5.41, 5.74) is 2.35. The Morgan fingerprint density at radius 1 is 1.14 bits per heavy atom. The number of aryl methyl sites for hydroxylation is 1. The van der Waals surface area contributed by atoms with Crippen LogP contribution in [0.15, 0.2) is 42.6 Å². The summed E-state index contributed by atoms with van der Waals surface area (Å²) in [5, 5.41) is 2.88. The minimum Gasteiger partial charge on any atom is -0.357 e. The number of amides is 1. The number of nitrogens with zero attached hydrogens (tertiary/aromatic N) is 2. The molecule has 0 aliphatic carbocycles. The van der Waals surface area contributed by atoms with Gasteiger partial charge in [-0.1, -0.05) is 18.2 Å². The van der Waals surface area contributed by atoms with Crippen LogP contribution in [0.25, 0.3) is 0 Å². The number of benzene rings is 1. The van der Waals surface area contributed by atoms with Crippen LogP contribution < -0.4 is 10.2 Å². The second-order valence-electron chi connectivity index (χ2n) is 4.85. The molecule has 0 spiro atoms. The van der Waals surface area contributed by atoms with Crippen molar-refractivity contribution < 1.29 is 4.79 Å². The molecular weight excluding hydrogens is 262 g/mol. The van der Waals surface area contributed by atoms with Gasteiger partial charge in [0.1, 0.15) is 5.82 Å². The fourth-order valence-corrected chi connectivity index (χ4v) is 2.22. The van der Waals surface area contributed by atoms with Gasteiger partial charge in [-0.05, 0) is 44.5 Å². The normalized spacial score (nSPS) is 10.2. The van der Waals surface area contributed by atoms with E-state index in [1.165, 1.54) is 0 Å². The molecule has 2 rings (SSSR count). The average molecular weight is 283 g/mol. The third-order valence-corrected chi connectivity index (χ3v) is 3.48.